The van der Waals surface area contributed by atoms with Gasteiger partial charge in [0.05, 0.1) is 0 Å². The van der Waals surface area contributed by atoms with Gasteiger partial charge in [0.1, 0.15) is 11.6 Å². The van der Waals surface area contributed by atoms with Gasteiger partial charge in [0, 0.05) is 60.6 Å². The maximum Gasteiger partial charge on any atom is 0.228 e. The summed E-state index contributed by atoms with van der Waals surface area (Å²) in [6.07, 6.45) is 5.46. The molecule has 0 aliphatic heterocycles. The quantitative estimate of drug-likeness (QED) is 0.554. The van der Waals surface area contributed by atoms with Crippen molar-refractivity contribution in [1.82, 2.24) is 15.3 Å². The lowest BCUT2D eigenvalue weighted by molar-refractivity contribution is -0.123. The number of rotatable bonds is 7. The van der Waals surface area contributed by atoms with E-state index in [1.807, 2.05) is 26.0 Å². The first-order valence-corrected chi connectivity index (χ1v) is 10.6. The normalized spacial score (nSPS) is 19.0. The molecule has 1 aliphatic carbocycles. The molecule has 0 spiro atoms. The van der Waals surface area contributed by atoms with E-state index in [-0.39, 0.29) is 36.4 Å². The predicted octanol–water partition coefficient (Wildman–Crippen LogP) is 2.62. The molecule has 1 aliphatic rings. The number of hydrogen-bond donors (Lipinski definition) is 4. The van der Waals surface area contributed by atoms with Crippen LogP contribution in [0.4, 0.5) is 11.6 Å². The van der Waals surface area contributed by atoms with Gasteiger partial charge in [0.2, 0.25) is 11.8 Å². The van der Waals surface area contributed by atoms with Crippen molar-refractivity contribution in [3.63, 3.8) is 0 Å². The number of nitrogens with one attached hydrogen (secondary N) is 3. The van der Waals surface area contributed by atoms with Gasteiger partial charge in [0.15, 0.2) is 0 Å². The van der Waals surface area contributed by atoms with Crippen LogP contribution in [0.25, 0.3) is 10.8 Å². The van der Waals surface area contributed by atoms with E-state index in [2.05, 4.69) is 25.9 Å². The molecule has 2 heterocycles. The smallest absolute Gasteiger partial charge is 0.228 e. The van der Waals surface area contributed by atoms with Crippen molar-refractivity contribution in [2.45, 2.75) is 65.0 Å². The molecule has 8 heteroatoms. The van der Waals surface area contributed by atoms with Crippen LogP contribution in [0.15, 0.2) is 18.3 Å². The summed E-state index contributed by atoms with van der Waals surface area (Å²) in [5.74, 6) is 0.923. The van der Waals surface area contributed by atoms with Gasteiger partial charge in [-0.05, 0) is 45.2 Å². The highest BCUT2D eigenvalue weighted by atomic mass is 16.3. The second-order valence-electron chi connectivity index (χ2n) is 8.28. The predicted molar refractivity (Wildman–Crippen MR) is 117 cm³/mol. The molecule has 2 aromatic heterocycles. The molecular formula is C22H31N5O3. The molecule has 4 N–H and O–H groups in total. The van der Waals surface area contributed by atoms with Crippen molar-refractivity contribution in [3.05, 3.63) is 24.0 Å². The van der Waals surface area contributed by atoms with Crippen molar-refractivity contribution < 1.29 is 14.7 Å². The van der Waals surface area contributed by atoms with E-state index in [9.17, 15) is 14.7 Å². The van der Waals surface area contributed by atoms with Gasteiger partial charge < -0.3 is 21.1 Å². The summed E-state index contributed by atoms with van der Waals surface area (Å²) >= 11 is 0. The van der Waals surface area contributed by atoms with Crippen molar-refractivity contribution in [3.8, 4) is 0 Å². The van der Waals surface area contributed by atoms with Crippen LogP contribution in [0.1, 0.15) is 52.1 Å². The SMILES string of the molecule is CC(=O)N[C@@H]1CCC[C@H](C(=O)Nc2cc3c(NC(C)C)nc(CCO)cc3cn2)C1. The van der Waals surface area contributed by atoms with Crippen molar-refractivity contribution in [1.29, 1.82) is 0 Å². The molecule has 2 amide bonds. The van der Waals surface area contributed by atoms with E-state index in [0.29, 0.717) is 24.5 Å². The lowest BCUT2D eigenvalue weighted by Gasteiger charge is -2.28. The van der Waals surface area contributed by atoms with E-state index in [4.69, 9.17) is 0 Å². The Labute approximate surface area is 176 Å². The summed E-state index contributed by atoms with van der Waals surface area (Å²) < 4.78 is 0. The Kier molecular flexibility index (Phi) is 7.20. The van der Waals surface area contributed by atoms with Gasteiger partial charge in [-0.15, -0.1) is 0 Å². The van der Waals surface area contributed by atoms with Crippen LogP contribution in [0.5, 0.6) is 0 Å². The third-order valence-corrected chi connectivity index (χ3v) is 5.26. The van der Waals surface area contributed by atoms with Gasteiger partial charge in [-0.3, -0.25) is 9.59 Å². The molecule has 2 atom stereocenters. The molecule has 8 nitrogen and oxygen atoms in total. The Hall–Kier alpha value is -2.74. The topological polar surface area (TPSA) is 116 Å². The highest BCUT2D eigenvalue weighted by molar-refractivity contribution is 5.97. The van der Waals surface area contributed by atoms with Crippen LogP contribution in [0, 0.1) is 5.92 Å². The average molecular weight is 414 g/mol. The third-order valence-electron chi connectivity index (χ3n) is 5.26. The fourth-order valence-electron chi connectivity index (χ4n) is 3.97. The van der Waals surface area contributed by atoms with Crippen molar-refractivity contribution in [2.24, 2.45) is 5.92 Å². The van der Waals surface area contributed by atoms with E-state index in [1.54, 1.807) is 6.20 Å². The van der Waals surface area contributed by atoms with Gasteiger partial charge in [-0.25, -0.2) is 9.97 Å². The first-order valence-electron chi connectivity index (χ1n) is 10.6. The number of fused-ring (bicyclic) bond motifs is 1. The lowest BCUT2D eigenvalue weighted by atomic mass is 9.85. The third kappa shape index (κ3) is 5.66. The monoisotopic (exact) mass is 413 g/mol. The number of aliphatic hydroxyl groups excluding tert-OH is 1. The zero-order valence-corrected chi connectivity index (χ0v) is 17.9. The van der Waals surface area contributed by atoms with Gasteiger partial charge in [-0.2, -0.15) is 0 Å². The molecule has 1 fully saturated rings. The Morgan fingerprint density at radius 2 is 2.07 bits per heavy atom. The summed E-state index contributed by atoms with van der Waals surface area (Å²) in [6, 6.07) is 3.98. The fraction of sp³-hybridized carbons (Fsp3) is 0.545. The number of anilines is 2. The average Bonchev–Trinajstić information content (AvgIpc) is 2.68. The number of hydrogen-bond acceptors (Lipinski definition) is 6. The largest absolute Gasteiger partial charge is 0.396 e. The van der Waals surface area contributed by atoms with Gasteiger partial charge >= 0.3 is 0 Å². The molecule has 162 valence electrons. The number of amides is 2. The van der Waals surface area contributed by atoms with Crippen LogP contribution in [-0.2, 0) is 16.0 Å². The van der Waals surface area contributed by atoms with Crippen molar-refractivity contribution in [2.75, 3.05) is 17.2 Å². The van der Waals surface area contributed by atoms with Crippen LogP contribution in [-0.4, -0.2) is 45.6 Å². The first-order chi connectivity index (χ1) is 14.4. The molecule has 3 rings (SSSR count). The maximum absolute atomic E-state index is 12.8. The van der Waals surface area contributed by atoms with Crippen LogP contribution < -0.4 is 16.0 Å². The Morgan fingerprint density at radius 3 is 2.77 bits per heavy atom. The summed E-state index contributed by atoms with van der Waals surface area (Å²) in [5.41, 5.74) is 0.790. The molecule has 1 saturated carbocycles. The highest BCUT2D eigenvalue weighted by Gasteiger charge is 2.28. The van der Waals surface area contributed by atoms with Gasteiger partial charge in [-0.1, -0.05) is 6.42 Å². The lowest BCUT2D eigenvalue weighted by Crippen LogP contribution is -2.40. The van der Waals surface area contributed by atoms with Crippen LogP contribution >= 0.6 is 0 Å². The minimum absolute atomic E-state index is 0.0298. The molecule has 2 aromatic rings. The maximum atomic E-state index is 12.8. The number of aliphatic hydroxyl groups is 1. The molecule has 0 aromatic carbocycles. The van der Waals surface area contributed by atoms with E-state index in [0.717, 1.165) is 35.7 Å². The van der Waals surface area contributed by atoms with E-state index in [1.165, 1.54) is 6.92 Å². The summed E-state index contributed by atoms with van der Waals surface area (Å²) in [6.45, 7) is 5.60. The Balaban J connectivity index is 1.79. The fourth-order valence-corrected chi connectivity index (χ4v) is 3.97. The van der Waals surface area contributed by atoms with Gasteiger partial charge in [0.25, 0.3) is 0 Å². The summed E-state index contributed by atoms with van der Waals surface area (Å²) in [7, 11) is 0. The molecular weight excluding hydrogens is 382 g/mol. The number of aromatic nitrogens is 2. The van der Waals surface area contributed by atoms with E-state index < -0.39 is 0 Å². The second kappa shape index (κ2) is 9.84. The zero-order valence-electron chi connectivity index (χ0n) is 17.9. The molecule has 0 unspecified atom stereocenters. The Bertz CT molecular complexity index is 915. The van der Waals surface area contributed by atoms with Crippen LogP contribution in [0.2, 0.25) is 0 Å². The summed E-state index contributed by atoms with van der Waals surface area (Å²) in [4.78, 5) is 33.2. The molecule has 0 bridgehead atoms. The number of carbonyl (C=O) groups excluding carboxylic acids is 2. The number of nitrogens with zero attached hydrogens (tertiary/aromatic N) is 2. The standard InChI is InChI=1S/C22H31N5O3/c1-13(2)24-21-19-11-20(23-12-16(19)10-18(26-21)7-8-28)27-22(30)15-5-4-6-17(9-15)25-14(3)29/h10-13,15,17,28H,4-9H2,1-3H3,(H,24,26)(H,25,29)(H,23,27,30)/t15-,17+/m0/s1. The van der Waals surface area contributed by atoms with E-state index >= 15 is 0 Å². The second-order valence-corrected chi connectivity index (χ2v) is 8.28. The first kappa shape index (κ1) is 22.0. The minimum atomic E-state index is -0.147. The highest BCUT2D eigenvalue weighted by Crippen LogP contribution is 2.28. The minimum Gasteiger partial charge on any atom is -0.396 e. The molecule has 0 saturated heterocycles. The zero-order chi connectivity index (χ0) is 21.7. The van der Waals surface area contributed by atoms with Crippen LogP contribution in [0.3, 0.4) is 0 Å². The molecule has 0 radical (unpaired) electrons. The summed E-state index contributed by atoms with van der Waals surface area (Å²) in [5, 5.41) is 20.2. The number of pyridine rings is 2. The number of carbonyl (C=O) groups is 2. The molecule has 30 heavy (non-hydrogen) atoms. The Morgan fingerprint density at radius 1 is 1.27 bits per heavy atom. The van der Waals surface area contributed by atoms with Crippen molar-refractivity contribution >= 4 is 34.2 Å².